The van der Waals surface area contributed by atoms with E-state index in [0.29, 0.717) is 22.3 Å². The zero-order valence-corrected chi connectivity index (χ0v) is 11.2. The van der Waals surface area contributed by atoms with Crippen molar-refractivity contribution in [3.63, 3.8) is 0 Å². The molecule has 1 saturated heterocycles. The number of piperidine rings is 1. The number of hydrogen-bond acceptors (Lipinski definition) is 2. The van der Waals surface area contributed by atoms with E-state index in [9.17, 15) is 4.79 Å². The number of benzene rings is 1. The van der Waals surface area contributed by atoms with Crippen LogP contribution in [0, 0.1) is 5.92 Å². The minimum absolute atomic E-state index is 0.0874. The zero-order valence-electron chi connectivity index (χ0n) is 10.4. The number of carbonyl (C=O) groups excluding carboxylic acids is 1. The quantitative estimate of drug-likeness (QED) is 0.768. The molecule has 0 bridgehead atoms. The van der Waals surface area contributed by atoms with E-state index in [1.54, 1.807) is 18.2 Å². The van der Waals surface area contributed by atoms with Gasteiger partial charge in [0.15, 0.2) is 0 Å². The average Bonchev–Trinajstić information content (AvgIpc) is 2.32. The predicted molar refractivity (Wildman–Crippen MR) is 74.9 cm³/mol. The van der Waals surface area contributed by atoms with Gasteiger partial charge in [-0.2, -0.15) is 0 Å². The molecule has 1 heterocycles. The summed E-state index contributed by atoms with van der Waals surface area (Å²) in [5, 5.41) is 3.40. The molecule has 1 aromatic carbocycles. The van der Waals surface area contributed by atoms with Crippen LogP contribution in [0.25, 0.3) is 0 Å². The van der Waals surface area contributed by atoms with E-state index in [1.165, 1.54) is 6.42 Å². The molecule has 4 nitrogen and oxygen atoms in total. The smallest absolute Gasteiger partial charge is 0.321 e. The topological polar surface area (TPSA) is 58.4 Å². The van der Waals surface area contributed by atoms with Crippen LogP contribution in [-0.2, 0) is 0 Å². The normalized spacial score (nSPS) is 19.7. The summed E-state index contributed by atoms with van der Waals surface area (Å²) in [6.45, 7) is 3.78. The van der Waals surface area contributed by atoms with Crippen molar-refractivity contribution in [2.24, 2.45) is 5.92 Å². The number of urea groups is 1. The second kappa shape index (κ2) is 5.48. The maximum Gasteiger partial charge on any atom is 0.321 e. The number of rotatable bonds is 1. The van der Waals surface area contributed by atoms with Gasteiger partial charge < -0.3 is 16.0 Å². The van der Waals surface area contributed by atoms with Gasteiger partial charge in [-0.3, -0.25) is 0 Å². The Kier molecular flexibility index (Phi) is 3.97. The molecule has 2 rings (SSSR count). The SMILES string of the molecule is CC1CCCN(C(=O)Nc2ccc(Cl)cc2N)C1. The Morgan fingerprint density at radius 3 is 3.00 bits per heavy atom. The first kappa shape index (κ1) is 13.0. The molecule has 0 radical (unpaired) electrons. The average molecular weight is 268 g/mol. The molecule has 5 heteroatoms. The number of anilines is 2. The molecule has 18 heavy (non-hydrogen) atoms. The van der Waals surface area contributed by atoms with Gasteiger partial charge in [0.25, 0.3) is 0 Å². The van der Waals surface area contributed by atoms with Crippen molar-refractivity contribution < 1.29 is 4.79 Å². The second-order valence-electron chi connectivity index (χ2n) is 4.86. The summed E-state index contributed by atoms with van der Waals surface area (Å²) < 4.78 is 0. The number of amides is 2. The van der Waals surface area contributed by atoms with Gasteiger partial charge in [0.1, 0.15) is 0 Å². The highest BCUT2D eigenvalue weighted by Crippen LogP contribution is 2.23. The predicted octanol–water partition coefficient (Wildman–Crippen LogP) is 3.19. The zero-order chi connectivity index (χ0) is 13.1. The third kappa shape index (κ3) is 3.07. The Morgan fingerprint density at radius 2 is 2.33 bits per heavy atom. The van der Waals surface area contributed by atoms with E-state index in [2.05, 4.69) is 12.2 Å². The molecule has 1 unspecified atom stereocenters. The summed E-state index contributed by atoms with van der Waals surface area (Å²) in [5.41, 5.74) is 6.91. The lowest BCUT2D eigenvalue weighted by Gasteiger charge is -2.31. The van der Waals surface area contributed by atoms with Crippen LogP contribution in [0.4, 0.5) is 16.2 Å². The lowest BCUT2D eigenvalue weighted by atomic mass is 10.0. The molecule has 1 fully saturated rings. The van der Waals surface area contributed by atoms with E-state index in [0.717, 1.165) is 19.5 Å². The van der Waals surface area contributed by atoms with E-state index in [1.807, 2.05) is 4.90 Å². The lowest BCUT2D eigenvalue weighted by molar-refractivity contribution is 0.182. The molecule has 3 N–H and O–H groups in total. The van der Waals surface area contributed by atoms with Crippen LogP contribution < -0.4 is 11.1 Å². The molecule has 0 saturated carbocycles. The van der Waals surface area contributed by atoms with Crippen LogP contribution in [0.1, 0.15) is 19.8 Å². The van der Waals surface area contributed by atoms with Crippen LogP contribution in [0.2, 0.25) is 5.02 Å². The monoisotopic (exact) mass is 267 g/mol. The number of nitrogen functional groups attached to an aromatic ring is 1. The highest BCUT2D eigenvalue weighted by Gasteiger charge is 2.21. The van der Waals surface area contributed by atoms with Gasteiger partial charge >= 0.3 is 6.03 Å². The van der Waals surface area contributed by atoms with Crippen molar-refractivity contribution >= 4 is 29.0 Å². The molecule has 1 aliphatic heterocycles. The van der Waals surface area contributed by atoms with E-state index in [-0.39, 0.29) is 6.03 Å². The Labute approximate surface area is 112 Å². The molecule has 1 atom stereocenters. The van der Waals surface area contributed by atoms with Gasteiger partial charge in [-0.25, -0.2) is 4.79 Å². The van der Waals surface area contributed by atoms with Gasteiger partial charge in [0.05, 0.1) is 11.4 Å². The summed E-state index contributed by atoms with van der Waals surface area (Å²) in [7, 11) is 0. The lowest BCUT2D eigenvalue weighted by Crippen LogP contribution is -2.41. The number of likely N-dealkylation sites (tertiary alicyclic amines) is 1. The summed E-state index contributed by atoms with van der Waals surface area (Å²) in [6.07, 6.45) is 2.25. The van der Waals surface area contributed by atoms with Crippen molar-refractivity contribution in [2.45, 2.75) is 19.8 Å². The Hall–Kier alpha value is -1.42. The molecule has 1 aromatic rings. The second-order valence-corrected chi connectivity index (χ2v) is 5.29. The third-order valence-electron chi connectivity index (χ3n) is 3.20. The summed E-state index contributed by atoms with van der Waals surface area (Å²) in [6, 6.07) is 4.99. The minimum Gasteiger partial charge on any atom is -0.397 e. The number of halogens is 1. The first-order valence-electron chi connectivity index (χ1n) is 6.17. The van der Waals surface area contributed by atoms with Gasteiger partial charge in [-0.15, -0.1) is 0 Å². The summed E-state index contributed by atoms with van der Waals surface area (Å²) >= 11 is 5.82. The summed E-state index contributed by atoms with van der Waals surface area (Å²) in [5.74, 6) is 0.562. The highest BCUT2D eigenvalue weighted by molar-refractivity contribution is 6.31. The van der Waals surface area contributed by atoms with Crippen molar-refractivity contribution in [2.75, 3.05) is 24.1 Å². The fourth-order valence-electron chi connectivity index (χ4n) is 2.22. The molecule has 1 aliphatic rings. The van der Waals surface area contributed by atoms with Gasteiger partial charge in [0.2, 0.25) is 0 Å². The number of hydrogen-bond donors (Lipinski definition) is 2. The Morgan fingerprint density at radius 1 is 1.56 bits per heavy atom. The molecule has 0 aliphatic carbocycles. The van der Waals surface area contributed by atoms with Crippen LogP contribution in [0.15, 0.2) is 18.2 Å². The van der Waals surface area contributed by atoms with E-state index >= 15 is 0 Å². The maximum atomic E-state index is 12.1. The molecule has 2 amide bonds. The van der Waals surface area contributed by atoms with Crippen molar-refractivity contribution in [1.82, 2.24) is 4.90 Å². The van der Waals surface area contributed by atoms with Crippen LogP contribution in [0.5, 0.6) is 0 Å². The largest absolute Gasteiger partial charge is 0.397 e. The van der Waals surface area contributed by atoms with Gasteiger partial charge in [-0.1, -0.05) is 18.5 Å². The van der Waals surface area contributed by atoms with Crippen LogP contribution in [0.3, 0.4) is 0 Å². The molecule has 98 valence electrons. The first-order valence-corrected chi connectivity index (χ1v) is 6.55. The van der Waals surface area contributed by atoms with Crippen LogP contribution in [-0.4, -0.2) is 24.0 Å². The summed E-state index contributed by atoms with van der Waals surface area (Å²) in [4.78, 5) is 13.9. The third-order valence-corrected chi connectivity index (χ3v) is 3.43. The molecular formula is C13H18ClN3O. The van der Waals surface area contributed by atoms with E-state index in [4.69, 9.17) is 17.3 Å². The number of nitrogens with one attached hydrogen (secondary N) is 1. The van der Waals surface area contributed by atoms with Gasteiger partial charge in [-0.05, 0) is 37.0 Å². The van der Waals surface area contributed by atoms with Crippen molar-refractivity contribution in [1.29, 1.82) is 0 Å². The van der Waals surface area contributed by atoms with E-state index < -0.39 is 0 Å². The standard InChI is InChI=1S/C13H18ClN3O/c1-9-3-2-6-17(8-9)13(18)16-12-5-4-10(14)7-11(12)15/h4-5,7,9H,2-3,6,8,15H2,1H3,(H,16,18). The highest BCUT2D eigenvalue weighted by atomic mass is 35.5. The fraction of sp³-hybridized carbons (Fsp3) is 0.462. The molecule has 0 aromatic heterocycles. The Balaban J connectivity index is 2.02. The maximum absolute atomic E-state index is 12.1. The number of carbonyl (C=O) groups is 1. The van der Waals surface area contributed by atoms with Crippen molar-refractivity contribution in [3.8, 4) is 0 Å². The van der Waals surface area contributed by atoms with Crippen molar-refractivity contribution in [3.05, 3.63) is 23.2 Å². The Bertz CT molecular complexity index is 450. The van der Waals surface area contributed by atoms with Crippen LogP contribution >= 0.6 is 11.6 Å². The number of nitrogens with zero attached hydrogens (tertiary/aromatic N) is 1. The molecule has 0 spiro atoms. The minimum atomic E-state index is -0.0874. The fourth-order valence-corrected chi connectivity index (χ4v) is 2.40. The number of nitrogens with two attached hydrogens (primary N) is 1. The first-order chi connectivity index (χ1) is 8.56. The van der Waals surface area contributed by atoms with Gasteiger partial charge in [0, 0.05) is 18.1 Å². The molecular weight excluding hydrogens is 250 g/mol.